The number of carboxylic acid groups (broad SMARTS) is 1. The molecule has 0 spiro atoms. The van der Waals surface area contributed by atoms with Crippen LogP contribution < -0.4 is 0 Å². The van der Waals surface area contributed by atoms with Gasteiger partial charge in [0, 0.05) is 0 Å². The van der Waals surface area contributed by atoms with Gasteiger partial charge in [0.15, 0.2) is 18.7 Å². The van der Waals surface area contributed by atoms with E-state index in [1.54, 1.807) is 0 Å². The first-order chi connectivity index (χ1) is 11.2. The average Bonchev–Trinajstić information content (AvgIpc) is 2.54. The lowest BCUT2D eigenvalue weighted by molar-refractivity contribution is -0.351. The fourth-order valence-corrected chi connectivity index (χ4v) is 2.55. The molecule has 0 aromatic heterocycles. The number of aliphatic carboxylic acids is 1. The summed E-state index contributed by atoms with van der Waals surface area (Å²) in [4.78, 5) is 11.0. The van der Waals surface area contributed by atoms with Gasteiger partial charge in [-0.2, -0.15) is 0 Å². The van der Waals surface area contributed by atoms with Crippen molar-refractivity contribution in [2.24, 2.45) is 0 Å². The van der Waals surface area contributed by atoms with Gasteiger partial charge >= 0.3 is 5.97 Å². The van der Waals surface area contributed by atoms with E-state index in [1.807, 2.05) is 0 Å². The molecule has 10 unspecified atom stereocenters. The molecule has 2 saturated heterocycles. The van der Waals surface area contributed by atoms with Gasteiger partial charge in [-0.05, 0) is 0 Å². The number of aliphatic hydroxyl groups excluding tert-OH is 7. The summed E-state index contributed by atoms with van der Waals surface area (Å²) in [6.07, 6.45) is -17.8. The molecule has 2 heterocycles. The highest BCUT2D eigenvalue weighted by atomic mass is 16.7. The maximum atomic E-state index is 11.0. The van der Waals surface area contributed by atoms with Crippen molar-refractivity contribution in [2.75, 3.05) is 6.61 Å². The lowest BCUT2D eigenvalue weighted by atomic mass is 9.97. The molecule has 0 saturated carbocycles. The SMILES string of the molecule is O=C(O)C1OC(OC2C(O)C(O)OC(CO)C2O)C(O)C(O)C1O. The van der Waals surface area contributed by atoms with E-state index in [9.17, 15) is 35.4 Å². The second-order valence-corrected chi connectivity index (χ2v) is 5.56. The van der Waals surface area contributed by atoms with Crippen molar-refractivity contribution in [2.45, 2.75) is 61.4 Å². The van der Waals surface area contributed by atoms with Crippen molar-refractivity contribution in [1.29, 1.82) is 0 Å². The van der Waals surface area contributed by atoms with Crippen molar-refractivity contribution < 1.29 is 59.9 Å². The number of hydrogen-bond acceptors (Lipinski definition) is 11. The van der Waals surface area contributed by atoms with Crippen molar-refractivity contribution in [3.8, 4) is 0 Å². The van der Waals surface area contributed by atoms with Crippen LogP contribution in [0.15, 0.2) is 0 Å². The zero-order chi connectivity index (χ0) is 18.2. The van der Waals surface area contributed by atoms with Crippen LogP contribution in [-0.2, 0) is 19.0 Å². The Morgan fingerprint density at radius 1 is 0.875 bits per heavy atom. The minimum atomic E-state index is -1.93. The predicted octanol–water partition coefficient (Wildman–Crippen LogP) is -5.30. The predicted molar refractivity (Wildman–Crippen MR) is 69.2 cm³/mol. The summed E-state index contributed by atoms with van der Waals surface area (Å²) in [5.41, 5.74) is 0. The molecule has 0 bridgehead atoms. The quantitative estimate of drug-likeness (QED) is 0.238. The maximum absolute atomic E-state index is 11.0. The van der Waals surface area contributed by atoms with E-state index < -0.39 is 74.0 Å². The van der Waals surface area contributed by atoms with Crippen LogP contribution in [0.5, 0.6) is 0 Å². The van der Waals surface area contributed by atoms with Crippen molar-refractivity contribution in [3.63, 3.8) is 0 Å². The Kier molecular flexibility index (Phi) is 6.09. The first-order valence-corrected chi connectivity index (χ1v) is 7.07. The minimum absolute atomic E-state index is 0.724. The summed E-state index contributed by atoms with van der Waals surface area (Å²) in [5, 5.41) is 76.4. The van der Waals surface area contributed by atoms with Crippen molar-refractivity contribution >= 4 is 5.97 Å². The standard InChI is InChI=1S/C12H20O12/c13-1-2-3(14)8(7(18)11(21)22-2)23-12-6(17)4(15)5(16)9(24-12)10(19)20/h2-9,11-18,21H,1H2,(H,19,20). The molecular weight excluding hydrogens is 336 g/mol. The second-order valence-electron chi connectivity index (χ2n) is 5.56. The molecule has 0 aliphatic carbocycles. The number of carboxylic acids is 1. The number of hydrogen-bond donors (Lipinski definition) is 8. The Labute approximate surface area is 135 Å². The van der Waals surface area contributed by atoms with Crippen LogP contribution in [0.25, 0.3) is 0 Å². The van der Waals surface area contributed by atoms with E-state index in [2.05, 4.69) is 0 Å². The third-order valence-corrected chi connectivity index (χ3v) is 3.94. The summed E-state index contributed by atoms with van der Waals surface area (Å²) >= 11 is 0. The van der Waals surface area contributed by atoms with E-state index >= 15 is 0 Å². The number of ether oxygens (including phenoxy) is 3. The highest BCUT2D eigenvalue weighted by Gasteiger charge is 2.51. The average molecular weight is 356 g/mol. The van der Waals surface area contributed by atoms with Crippen LogP contribution in [0, 0.1) is 0 Å². The molecular formula is C12H20O12. The van der Waals surface area contributed by atoms with Crippen molar-refractivity contribution in [1.82, 2.24) is 0 Å². The smallest absolute Gasteiger partial charge is 0.335 e. The largest absolute Gasteiger partial charge is 0.479 e. The van der Waals surface area contributed by atoms with Crippen LogP contribution >= 0.6 is 0 Å². The molecule has 2 rings (SSSR count). The molecule has 0 aromatic carbocycles. The molecule has 140 valence electrons. The van der Waals surface area contributed by atoms with Crippen molar-refractivity contribution in [3.05, 3.63) is 0 Å². The molecule has 24 heavy (non-hydrogen) atoms. The summed E-state index contributed by atoms with van der Waals surface area (Å²) in [7, 11) is 0. The molecule has 12 heteroatoms. The van der Waals surface area contributed by atoms with Crippen LogP contribution in [0.2, 0.25) is 0 Å². The lowest BCUT2D eigenvalue weighted by Gasteiger charge is -2.44. The third-order valence-electron chi connectivity index (χ3n) is 3.94. The van der Waals surface area contributed by atoms with Gasteiger partial charge < -0.3 is 55.1 Å². The first kappa shape index (κ1) is 19.4. The van der Waals surface area contributed by atoms with Gasteiger partial charge in [-0.25, -0.2) is 4.79 Å². The summed E-state index contributed by atoms with van der Waals surface area (Å²) in [6, 6.07) is 0. The van der Waals surface area contributed by atoms with Crippen LogP contribution in [-0.4, -0.2) is 115 Å². The van der Waals surface area contributed by atoms with Gasteiger partial charge in [-0.3, -0.25) is 0 Å². The molecule has 2 aliphatic heterocycles. The summed E-state index contributed by atoms with van der Waals surface area (Å²) in [5.74, 6) is -1.64. The zero-order valence-corrected chi connectivity index (χ0v) is 12.2. The molecule has 12 nitrogen and oxygen atoms in total. The Hall–Kier alpha value is -0.930. The second kappa shape index (κ2) is 7.53. The fourth-order valence-electron chi connectivity index (χ4n) is 2.55. The number of aliphatic hydroxyl groups is 7. The highest BCUT2D eigenvalue weighted by molar-refractivity contribution is 5.73. The van der Waals surface area contributed by atoms with E-state index in [-0.39, 0.29) is 0 Å². The molecule has 0 amide bonds. The Bertz CT molecular complexity index is 446. The Balaban J connectivity index is 2.16. The maximum Gasteiger partial charge on any atom is 0.335 e. The molecule has 10 atom stereocenters. The van der Waals surface area contributed by atoms with Gasteiger partial charge in [-0.1, -0.05) is 0 Å². The minimum Gasteiger partial charge on any atom is -0.479 e. The molecule has 2 aliphatic rings. The van der Waals surface area contributed by atoms with Gasteiger partial charge in [0.2, 0.25) is 0 Å². The van der Waals surface area contributed by atoms with Crippen LogP contribution in [0.4, 0.5) is 0 Å². The van der Waals surface area contributed by atoms with E-state index in [4.69, 9.17) is 24.4 Å². The Morgan fingerprint density at radius 2 is 1.50 bits per heavy atom. The zero-order valence-electron chi connectivity index (χ0n) is 12.2. The van der Waals surface area contributed by atoms with Crippen LogP contribution in [0.3, 0.4) is 0 Å². The molecule has 8 N–H and O–H groups in total. The van der Waals surface area contributed by atoms with E-state index in [0.717, 1.165) is 0 Å². The van der Waals surface area contributed by atoms with Gasteiger partial charge in [0.25, 0.3) is 0 Å². The normalized spacial score (nSPS) is 49.8. The van der Waals surface area contributed by atoms with Gasteiger partial charge in [0.1, 0.15) is 42.7 Å². The number of carbonyl (C=O) groups is 1. The Morgan fingerprint density at radius 3 is 2.04 bits per heavy atom. The molecule has 2 fully saturated rings. The summed E-state index contributed by atoms with van der Waals surface area (Å²) < 4.78 is 14.7. The van der Waals surface area contributed by atoms with E-state index in [0.29, 0.717) is 0 Å². The number of rotatable bonds is 4. The summed E-state index contributed by atoms with van der Waals surface area (Å²) in [6.45, 7) is -0.724. The topological polar surface area (TPSA) is 207 Å². The monoisotopic (exact) mass is 356 g/mol. The van der Waals surface area contributed by atoms with Gasteiger partial charge in [0.05, 0.1) is 6.61 Å². The van der Waals surface area contributed by atoms with E-state index in [1.165, 1.54) is 0 Å². The fraction of sp³-hybridized carbons (Fsp3) is 0.917. The third kappa shape index (κ3) is 3.52. The van der Waals surface area contributed by atoms with Gasteiger partial charge in [-0.15, -0.1) is 0 Å². The first-order valence-electron chi connectivity index (χ1n) is 7.07. The highest BCUT2D eigenvalue weighted by Crippen LogP contribution is 2.28. The van der Waals surface area contributed by atoms with Crippen LogP contribution in [0.1, 0.15) is 0 Å². The lowest BCUT2D eigenvalue weighted by Crippen LogP contribution is -2.65. The molecule has 0 radical (unpaired) electrons. The molecule has 0 aromatic rings.